The minimum atomic E-state index is 0.0843. The van der Waals surface area contributed by atoms with Gasteiger partial charge in [0.25, 0.3) is 0 Å². The predicted octanol–water partition coefficient (Wildman–Crippen LogP) is 0.108. The highest BCUT2D eigenvalue weighted by atomic mass is 16.2. The van der Waals surface area contributed by atoms with E-state index in [1.165, 1.54) is 0 Å². The third-order valence-electron chi connectivity index (χ3n) is 4.21. The molecule has 1 saturated heterocycles. The van der Waals surface area contributed by atoms with Crippen LogP contribution in [0.25, 0.3) is 11.0 Å². The van der Waals surface area contributed by atoms with Gasteiger partial charge >= 0.3 is 0 Å². The number of hydrogen-bond acceptors (Lipinski definition) is 5. The molecule has 24 heavy (non-hydrogen) atoms. The van der Waals surface area contributed by atoms with Crippen LogP contribution in [0.4, 0.5) is 0 Å². The number of rotatable bonds is 4. The van der Waals surface area contributed by atoms with Crippen molar-refractivity contribution in [3.05, 3.63) is 42.5 Å². The second-order valence-electron chi connectivity index (χ2n) is 5.90. The third-order valence-corrected chi connectivity index (χ3v) is 4.21. The number of carbonyl (C=O) groups is 1. The number of fused-ring (bicyclic) bond motifs is 1. The molecule has 0 spiro atoms. The lowest BCUT2D eigenvalue weighted by Crippen LogP contribution is -2.47. The molecule has 1 aromatic carbocycles. The number of amides is 1. The topological polar surface area (TPSA) is 80.9 Å². The van der Waals surface area contributed by atoms with Crippen LogP contribution >= 0.6 is 0 Å². The molecular weight excluding hydrogens is 306 g/mol. The molecule has 0 bridgehead atoms. The van der Waals surface area contributed by atoms with E-state index in [0.29, 0.717) is 6.54 Å². The normalized spacial score (nSPS) is 15.1. The molecule has 0 radical (unpaired) electrons. The Morgan fingerprint density at radius 3 is 2.92 bits per heavy atom. The van der Waals surface area contributed by atoms with Gasteiger partial charge in [-0.2, -0.15) is 0 Å². The van der Waals surface area contributed by atoms with Gasteiger partial charge in [-0.25, -0.2) is 9.67 Å². The summed E-state index contributed by atoms with van der Waals surface area (Å²) in [5, 5.41) is 11.5. The van der Waals surface area contributed by atoms with Crippen LogP contribution in [0, 0.1) is 0 Å². The second kappa shape index (κ2) is 6.40. The Morgan fingerprint density at radius 1 is 1.21 bits per heavy atom. The average molecular weight is 325 g/mol. The number of aromatic nitrogens is 5. The molecule has 0 aliphatic carbocycles. The van der Waals surface area contributed by atoms with E-state index in [1.54, 1.807) is 11.0 Å². The molecule has 1 amide bonds. The van der Waals surface area contributed by atoms with E-state index in [4.69, 9.17) is 0 Å². The largest absolute Gasteiger partial charge is 0.339 e. The van der Waals surface area contributed by atoms with Crippen molar-refractivity contribution in [2.75, 3.05) is 26.2 Å². The molecule has 1 fully saturated rings. The van der Waals surface area contributed by atoms with E-state index in [-0.39, 0.29) is 12.5 Å². The van der Waals surface area contributed by atoms with Crippen LogP contribution in [0.2, 0.25) is 0 Å². The van der Waals surface area contributed by atoms with Crippen molar-refractivity contribution in [3.63, 3.8) is 0 Å². The van der Waals surface area contributed by atoms with E-state index in [9.17, 15) is 4.79 Å². The minimum absolute atomic E-state index is 0.0843. The maximum absolute atomic E-state index is 12.3. The zero-order chi connectivity index (χ0) is 16.4. The molecule has 0 unspecified atom stereocenters. The summed E-state index contributed by atoms with van der Waals surface area (Å²) >= 11 is 0. The summed E-state index contributed by atoms with van der Waals surface area (Å²) in [6, 6.07) is 7.97. The van der Waals surface area contributed by atoms with Crippen molar-refractivity contribution in [3.8, 4) is 0 Å². The Labute approximate surface area is 139 Å². The fraction of sp³-hybridized carbons (Fsp3) is 0.375. The maximum atomic E-state index is 12.3. The van der Waals surface area contributed by atoms with Crippen LogP contribution in [0.15, 0.2) is 36.8 Å². The lowest BCUT2D eigenvalue weighted by atomic mass is 10.3. The smallest absolute Gasteiger partial charge is 0.244 e. The van der Waals surface area contributed by atoms with Crippen molar-refractivity contribution in [1.82, 2.24) is 34.8 Å². The lowest BCUT2D eigenvalue weighted by Gasteiger charge is -2.27. The Kier molecular flexibility index (Phi) is 3.96. The number of nitrogens with one attached hydrogen (secondary N) is 1. The number of hydrogen-bond donors (Lipinski definition) is 1. The molecule has 0 atom stereocenters. The molecule has 124 valence electrons. The van der Waals surface area contributed by atoms with E-state index < -0.39 is 0 Å². The molecular formula is C16H19N7O. The number of nitrogens with zero attached hydrogens (tertiary/aromatic N) is 6. The number of piperazine rings is 1. The SMILES string of the molecule is O=C(Cn1cc(Cn2cnc3ccccc32)nn1)N1CCNCC1. The fourth-order valence-electron chi connectivity index (χ4n) is 2.95. The van der Waals surface area contributed by atoms with Gasteiger partial charge in [-0.15, -0.1) is 5.10 Å². The summed E-state index contributed by atoms with van der Waals surface area (Å²) in [5.41, 5.74) is 2.83. The van der Waals surface area contributed by atoms with Gasteiger partial charge in [0.05, 0.1) is 30.1 Å². The number of carbonyl (C=O) groups excluding carboxylic acids is 1. The first-order valence-electron chi connectivity index (χ1n) is 8.07. The summed E-state index contributed by atoms with van der Waals surface area (Å²) in [4.78, 5) is 18.5. The van der Waals surface area contributed by atoms with Crippen LogP contribution in [0.3, 0.4) is 0 Å². The van der Waals surface area contributed by atoms with Crippen LogP contribution in [-0.2, 0) is 17.9 Å². The Morgan fingerprint density at radius 2 is 2.04 bits per heavy atom. The number of benzene rings is 1. The zero-order valence-electron chi connectivity index (χ0n) is 13.3. The van der Waals surface area contributed by atoms with Crippen LogP contribution in [0.1, 0.15) is 5.69 Å². The van der Waals surface area contributed by atoms with Crippen molar-refractivity contribution in [2.45, 2.75) is 13.1 Å². The van der Waals surface area contributed by atoms with Gasteiger partial charge in [0.2, 0.25) is 5.91 Å². The minimum Gasteiger partial charge on any atom is -0.339 e. The quantitative estimate of drug-likeness (QED) is 0.736. The van der Waals surface area contributed by atoms with E-state index >= 15 is 0 Å². The van der Waals surface area contributed by atoms with Gasteiger partial charge in [-0.3, -0.25) is 4.79 Å². The monoisotopic (exact) mass is 325 g/mol. The lowest BCUT2D eigenvalue weighted by molar-refractivity contribution is -0.132. The molecule has 1 N–H and O–H groups in total. The van der Waals surface area contributed by atoms with Gasteiger partial charge in [-0.1, -0.05) is 17.3 Å². The van der Waals surface area contributed by atoms with Gasteiger partial charge in [0.15, 0.2) is 0 Å². The van der Waals surface area contributed by atoms with Crippen molar-refractivity contribution in [1.29, 1.82) is 0 Å². The van der Waals surface area contributed by atoms with Crippen molar-refractivity contribution in [2.24, 2.45) is 0 Å². The van der Waals surface area contributed by atoms with Crippen LogP contribution in [-0.4, -0.2) is 61.5 Å². The predicted molar refractivity (Wildman–Crippen MR) is 88.3 cm³/mol. The highest BCUT2D eigenvalue weighted by molar-refractivity contribution is 5.76. The van der Waals surface area contributed by atoms with Crippen molar-refractivity contribution < 1.29 is 4.79 Å². The first-order valence-corrected chi connectivity index (χ1v) is 8.07. The average Bonchev–Trinajstić information content (AvgIpc) is 3.23. The third kappa shape index (κ3) is 3.00. The summed E-state index contributed by atoms with van der Waals surface area (Å²) in [6.07, 6.45) is 3.63. The van der Waals surface area contributed by atoms with Gasteiger partial charge in [-0.05, 0) is 12.1 Å². The second-order valence-corrected chi connectivity index (χ2v) is 5.90. The summed E-state index contributed by atoms with van der Waals surface area (Å²) < 4.78 is 3.64. The van der Waals surface area contributed by atoms with Crippen molar-refractivity contribution >= 4 is 16.9 Å². The summed E-state index contributed by atoms with van der Waals surface area (Å²) in [7, 11) is 0. The standard InChI is InChI=1S/C16H19N7O/c24-16(21-7-5-17-6-8-21)11-23-10-13(19-20-23)9-22-12-18-14-3-1-2-4-15(14)22/h1-4,10,12,17H,5-9,11H2. The highest BCUT2D eigenvalue weighted by Gasteiger charge is 2.17. The summed E-state index contributed by atoms with van der Waals surface area (Å²) in [5.74, 6) is 0.0843. The fourth-order valence-corrected chi connectivity index (χ4v) is 2.95. The van der Waals surface area contributed by atoms with E-state index in [0.717, 1.165) is 42.9 Å². The molecule has 1 aliphatic rings. The Balaban J connectivity index is 1.44. The van der Waals surface area contributed by atoms with Crippen LogP contribution < -0.4 is 5.32 Å². The van der Waals surface area contributed by atoms with E-state index in [1.807, 2.05) is 39.9 Å². The summed E-state index contributed by atoms with van der Waals surface area (Å²) in [6.45, 7) is 4.02. The first-order chi connectivity index (χ1) is 11.8. The van der Waals surface area contributed by atoms with Gasteiger partial charge < -0.3 is 14.8 Å². The van der Waals surface area contributed by atoms with E-state index in [2.05, 4.69) is 20.6 Å². The van der Waals surface area contributed by atoms with Gasteiger partial charge in [0.1, 0.15) is 12.2 Å². The Bertz CT molecular complexity index is 847. The molecule has 2 aromatic heterocycles. The molecule has 8 nitrogen and oxygen atoms in total. The molecule has 0 saturated carbocycles. The number of para-hydroxylation sites is 2. The Hall–Kier alpha value is -2.74. The zero-order valence-corrected chi connectivity index (χ0v) is 13.3. The maximum Gasteiger partial charge on any atom is 0.244 e. The molecule has 1 aliphatic heterocycles. The first kappa shape index (κ1) is 14.8. The van der Waals surface area contributed by atoms with Gasteiger partial charge in [0, 0.05) is 26.2 Å². The highest BCUT2D eigenvalue weighted by Crippen LogP contribution is 2.13. The van der Waals surface area contributed by atoms with Crippen LogP contribution in [0.5, 0.6) is 0 Å². The molecule has 3 aromatic rings. The number of imidazole rings is 1. The molecule has 4 rings (SSSR count). The molecule has 3 heterocycles. The molecule has 8 heteroatoms.